The molecule has 0 spiro atoms. The number of hydrogen-bond acceptors (Lipinski definition) is 2. The van der Waals surface area contributed by atoms with Gasteiger partial charge in [0.15, 0.2) is 0 Å². The third-order valence-corrected chi connectivity index (χ3v) is 4.21. The Hall–Kier alpha value is -1.96. The lowest BCUT2D eigenvalue weighted by atomic mass is 9.94. The van der Waals surface area contributed by atoms with Crippen molar-refractivity contribution in [1.29, 1.82) is 0 Å². The summed E-state index contributed by atoms with van der Waals surface area (Å²) in [6, 6.07) is 16.9. The molecular formula is C19H22O2. The number of rotatable bonds is 6. The van der Waals surface area contributed by atoms with Crippen LogP contribution >= 0.6 is 0 Å². The van der Waals surface area contributed by atoms with Gasteiger partial charge in [-0.1, -0.05) is 42.8 Å². The number of unbranched alkanes of at least 4 members (excludes halogenated alkanes) is 1. The standard InChI is InChI=1S/C19H22O2/c1-20-17-11-12-18-16(14-21-19(18)13-17)10-6-5-9-15-7-3-2-4-8-15/h2-4,7-8,11-13,16H,5-6,9-10,14H2,1H3/t16-/m0/s1. The number of ether oxygens (including phenoxy) is 2. The monoisotopic (exact) mass is 282 g/mol. The topological polar surface area (TPSA) is 18.5 Å². The molecule has 0 amide bonds. The first-order valence-corrected chi connectivity index (χ1v) is 7.71. The summed E-state index contributed by atoms with van der Waals surface area (Å²) in [5, 5.41) is 0. The highest BCUT2D eigenvalue weighted by Crippen LogP contribution is 2.38. The lowest BCUT2D eigenvalue weighted by Crippen LogP contribution is -2.00. The van der Waals surface area contributed by atoms with Crippen molar-refractivity contribution in [3.63, 3.8) is 0 Å². The zero-order chi connectivity index (χ0) is 14.5. The van der Waals surface area contributed by atoms with E-state index in [9.17, 15) is 0 Å². The molecule has 0 saturated heterocycles. The molecule has 3 rings (SSSR count). The van der Waals surface area contributed by atoms with Crippen molar-refractivity contribution in [2.24, 2.45) is 0 Å². The average Bonchev–Trinajstić information content (AvgIpc) is 2.95. The largest absolute Gasteiger partial charge is 0.497 e. The van der Waals surface area contributed by atoms with Gasteiger partial charge in [-0.25, -0.2) is 0 Å². The highest BCUT2D eigenvalue weighted by atomic mass is 16.5. The second-order valence-corrected chi connectivity index (χ2v) is 5.64. The van der Waals surface area contributed by atoms with E-state index in [4.69, 9.17) is 9.47 Å². The van der Waals surface area contributed by atoms with Gasteiger partial charge >= 0.3 is 0 Å². The van der Waals surface area contributed by atoms with Gasteiger partial charge in [0.1, 0.15) is 11.5 Å². The van der Waals surface area contributed by atoms with Gasteiger partial charge in [0.05, 0.1) is 13.7 Å². The molecule has 0 aromatic heterocycles. The molecule has 0 unspecified atom stereocenters. The molecule has 2 aromatic rings. The molecule has 1 aliphatic heterocycles. The molecular weight excluding hydrogens is 260 g/mol. The van der Waals surface area contributed by atoms with Crippen LogP contribution in [0.4, 0.5) is 0 Å². The molecule has 2 nitrogen and oxygen atoms in total. The Labute approximate surface area is 126 Å². The number of aryl methyl sites for hydroxylation is 1. The first-order chi connectivity index (χ1) is 10.4. The molecule has 2 heteroatoms. The SMILES string of the molecule is COc1ccc2c(c1)OC[C@@H]2CCCCc1ccccc1. The van der Waals surface area contributed by atoms with Crippen molar-refractivity contribution in [3.05, 3.63) is 59.7 Å². The van der Waals surface area contributed by atoms with E-state index in [-0.39, 0.29) is 0 Å². The molecule has 2 aromatic carbocycles. The van der Waals surface area contributed by atoms with Crippen LogP contribution in [0.15, 0.2) is 48.5 Å². The molecule has 110 valence electrons. The fourth-order valence-corrected chi connectivity index (χ4v) is 2.99. The van der Waals surface area contributed by atoms with Gasteiger partial charge < -0.3 is 9.47 Å². The zero-order valence-corrected chi connectivity index (χ0v) is 12.5. The second-order valence-electron chi connectivity index (χ2n) is 5.64. The first kappa shape index (κ1) is 14.0. The maximum absolute atomic E-state index is 5.79. The first-order valence-electron chi connectivity index (χ1n) is 7.71. The normalized spacial score (nSPS) is 16.3. The Bertz CT molecular complexity index is 577. The molecule has 0 N–H and O–H groups in total. The summed E-state index contributed by atoms with van der Waals surface area (Å²) >= 11 is 0. The smallest absolute Gasteiger partial charge is 0.126 e. The summed E-state index contributed by atoms with van der Waals surface area (Å²) in [5.74, 6) is 2.42. The van der Waals surface area contributed by atoms with Crippen molar-refractivity contribution in [2.75, 3.05) is 13.7 Å². The lowest BCUT2D eigenvalue weighted by molar-refractivity contribution is 0.321. The van der Waals surface area contributed by atoms with Gasteiger partial charge in [-0.3, -0.25) is 0 Å². The lowest BCUT2D eigenvalue weighted by Gasteiger charge is -2.09. The molecule has 1 aliphatic rings. The maximum atomic E-state index is 5.79. The quantitative estimate of drug-likeness (QED) is 0.722. The van der Waals surface area contributed by atoms with Crippen molar-refractivity contribution in [2.45, 2.75) is 31.6 Å². The van der Waals surface area contributed by atoms with E-state index in [2.05, 4.69) is 36.4 Å². The van der Waals surface area contributed by atoms with Gasteiger partial charge in [-0.15, -0.1) is 0 Å². The molecule has 1 atom stereocenters. The number of benzene rings is 2. The Morgan fingerprint density at radius 3 is 2.76 bits per heavy atom. The van der Waals surface area contributed by atoms with E-state index in [1.54, 1.807) is 7.11 Å². The maximum Gasteiger partial charge on any atom is 0.126 e. The van der Waals surface area contributed by atoms with Crippen LogP contribution in [-0.4, -0.2) is 13.7 Å². The predicted octanol–water partition coefficient (Wildman–Crippen LogP) is 4.58. The van der Waals surface area contributed by atoms with E-state index >= 15 is 0 Å². The molecule has 0 bridgehead atoms. The third kappa shape index (κ3) is 3.38. The van der Waals surface area contributed by atoms with Crippen molar-refractivity contribution in [1.82, 2.24) is 0 Å². The molecule has 0 aliphatic carbocycles. The van der Waals surface area contributed by atoms with Gasteiger partial charge in [-0.2, -0.15) is 0 Å². The number of methoxy groups -OCH3 is 1. The molecule has 21 heavy (non-hydrogen) atoms. The van der Waals surface area contributed by atoms with Crippen LogP contribution in [-0.2, 0) is 6.42 Å². The van der Waals surface area contributed by atoms with Crippen LogP contribution in [0.25, 0.3) is 0 Å². The summed E-state index contributed by atoms with van der Waals surface area (Å²) in [4.78, 5) is 0. The summed E-state index contributed by atoms with van der Waals surface area (Å²) in [5.41, 5.74) is 2.78. The predicted molar refractivity (Wildman–Crippen MR) is 85.2 cm³/mol. The Morgan fingerprint density at radius 1 is 1.10 bits per heavy atom. The van der Waals surface area contributed by atoms with Gasteiger partial charge in [0.2, 0.25) is 0 Å². The van der Waals surface area contributed by atoms with E-state index < -0.39 is 0 Å². The third-order valence-electron chi connectivity index (χ3n) is 4.21. The molecule has 0 saturated carbocycles. The average molecular weight is 282 g/mol. The minimum atomic E-state index is 0.543. The molecule has 0 fully saturated rings. The zero-order valence-electron chi connectivity index (χ0n) is 12.5. The fraction of sp³-hybridized carbons (Fsp3) is 0.368. The molecule has 0 radical (unpaired) electrons. The van der Waals surface area contributed by atoms with Gasteiger partial charge in [-0.05, 0) is 30.9 Å². The van der Waals surface area contributed by atoms with E-state index in [0.29, 0.717) is 5.92 Å². The number of hydrogen-bond donors (Lipinski definition) is 0. The van der Waals surface area contributed by atoms with Crippen LogP contribution in [0.2, 0.25) is 0 Å². The minimum absolute atomic E-state index is 0.543. The Balaban J connectivity index is 1.49. The Kier molecular flexibility index (Phi) is 4.44. The Morgan fingerprint density at radius 2 is 1.95 bits per heavy atom. The highest BCUT2D eigenvalue weighted by molar-refractivity contribution is 5.45. The van der Waals surface area contributed by atoms with E-state index in [1.807, 2.05) is 12.1 Å². The van der Waals surface area contributed by atoms with Crippen LogP contribution < -0.4 is 9.47 Å². The summed E-state index contributed by atoms with van der Waals surface area (Å²) in [7, 11) is 1.69. The second kappa shape index (κ2) is 6.66. The van der Waals surface area contributed by atoms with Crippen LogP contribution in [0.1, 0.15) is 36.3 Å². The highest BCUT2D eigenvalue weighted by Gasteiger charge is 2.23. The minimum Gasteiger partial charge on any atom is -0.497 e. The van der Waals surface area contributed by atoms with Crippen LogP contribution in [0, 0.1) is 0 Å². The molecule has 1 heterocycles. The van der Waals surface area contributed by atoms with E-state index in [1.165, 1.54) is 36.8 Å². The van der Waals surface area contributed by atoms with Crippen LogP contribution in [0.3, 0.4) is 0 Å². The fourth-order valence-electron chi connectivity index (χ4n) is 2.99. The summed E-state index contributed by atoms with van der Waals surface area (Å²) < 4.78 is 11.0. The van der Waals surface area contributed by atoms with Crippen LogP contribution in [0.5, 0.6) is 11.5 Å². The van der Waals surface area contributed by atoms with Gasteiger partial charge in [0, 0.05) is 17.5 Å². The van der Waals surface area contributed by atoms with E-state index in [0.717, 1.165) is 18.1 Å². The van der Waals surface area contributed by atoms with Crippen molar-refractivity contribution >= 4 is 0 Å². The van der Waals surface area contributed by atoms with Crippen molar-refractivity contribution in [3.8, 4) is 11.5 Å². The summed E-state index contributed by atoms with van der Waals surface area (Å²) in [6.45, 7) is 0.813. The van der Waals surface area contributed by atoms with Gasteiger partial charge in [0.25, 0.3) is 0 Å². The number of fused-ring (bicyclic) bond motifs is 1. The van der Waals surface area contributed by atoms with Crippen molar-refractivity contribution < 1.29 is 9.47 Å². The summed E-state index contributed by atoms with van der Waals surface area (Å²) in [6.07, 6.45) is 4.86.